The van der Waals surface area contributed by atoms with Crippen LogP contribution in [0.4, 0.5) is 11.4 Å². The topological polar surface area (TPSA) is 46.0 Å². The van der Waals surface area contributed by atoms with Crippen molar-refractivity contribution in [2.75, 3.05) is 11.9 Å². The van der Waals surface area contributed by atoms with Gasteiger partial charge >= 0.3 is 0 Å². The van der Waals surface area contributed by atoms with Crippen LogP contribution >= 0.6 is 0 Å². The number of anilines is 1. The van der Waals surface area contributed by atoms with E-state index in [0.717, 1.165) is 28.3 Å². The van der Waals surface area contributed by atoms with E-state index in [2.05, 4.69) is 19.2 Å². The number of aliphatic imine (C=N–C) groups is 2. The molecule has 0 aliphatic carbocycles. The van der Waals surface area contributed by atoms with Crippen LogP contribution in [0, 0.1) is 0 Å². The van der Waals surface area contributed by atoms with Crippen molar-refractivity contribution in [3.63, 3.8) is 0 Å². The van der Waals surface area contributed by atoms with Crippen LogP contribution < -0.4 is 5.32 Å². The molecule has 0 amide bonds. The molecular formula is C24H23N3O. The molecule has 0 saturated carbocycles. The molecular weight excluding hydrogens is 346 g/mol. The lowest BCUT2D eigenvalue weighted by Gasteiger charge is -2.12. The first-order valence-corrected chi connectivity index (χ1v) is 9.39. The van der Waals surface area contributed by atoms with Crippen molar-refractivity contribution in [2.24, 2.45) is 9.98 Å². The Bertz CT molecular complexity index is 1010. The van der Waals surface area contributed by atoms with Crippen LogP contribution in [0.3, 0.4) is 0 Å². The van der Waals surface area contributed by atoms with E-state index in [1.54, 1.807) is 0 Å². The Morgan fingerprint density at radius 2 is 1.54 bits per heavy atom. The molecule has 0 unspecified atom stereocenters. The van der Waals surface area contributed by atoms with E-state index in [0.29, 0.717) is 12.5 Å². The minimum absolute atomic E-state index is 0.212. The summed E-state index contributed by atoms with van der Waals surface area (Å²) in [7, 11) is 0. The fourth-order valence-electron chi connectivity index (χ4n) is 3.01. The standard InChI is InChI=1S/C24H23N3O/c1-24(2)17-28-23(27-24)20-15-9-10-16-21(20)26-22(18-11-5-3-6-12-18)25-19-13-7-4-8-14-19/h3-16H,17H2,1-2H3,(H,25,26). The molecule has 4 rings (SSSR count). The van der Waals surface area contributed by atoms with Crippen LogP contribution in [-0.4, -0.2) is 23.9 Å². The van der Waals surface area contributed by atoms with E-state index in [4.69, 9.17) is 14.7 Å². The predicted molar refractivity (Wildman–Crippen MR) is 116 cm³/mol. The van der Waals surface area contributed by atoms with Gasteiger partial charge in [0.25, 0.3) is 0 Å². The van der Waals surface area contributed by atoms with Gasteiger partial charge in [0.05, 0.1) is 16.8 Å². The summed E-state index contributed by atoms with van der Waals surface area (Å²) in [5, 5.41) is 3.45. The second-order valence-corrected chi connectivity index (χ2v) is 7.35. The molecule has 1 N–H and O–H groups in total. The summed E-state index contributed by atoms with van der Waals surface area (Å²) in [5.74, 6) is 1.42. The summed E-state index contributed by atoms with van der Waals surface area (Å²) in [6.07, 6.45) is 0. The Morgan fingerprint density at radius 3 is 2.21 bits per heavy atom. The number of nitrogens with one attached hydrogen (secondary N) is 1. The van der Waals surface area contributed by atoms with E-state index in [1.165, 1.54) is 0 Å². The third-order valence-corrected chi connectivity index (χ3v) is 4.42. The van der Waals surface area contributed by atoms with Crippen molar-refractivity contribution < 1.29 is 4.74 Å². The van der Waals surface area contributed by atoms with E-state index >= 15 is 0 Å². The molecule has 4 nitrogen and oxygen atoms in total. The molecule has 3 aromatic rings. The molecule has 3 aromatic carbocycles. The van der Waals surface area contributed by atoms with Crippen LogP contribution in [0.25, 0.3) is 0 Å². The number of para-hydroxylation sites is 2. The molecule has 0 bridgehead atoms. The molecule has 1 aliphatic rings. The minimum Gasteiger partial charge on any atom is -0.475 e. The molecule has 0 fully saturated rings. The normalized spacial score (nSPS) is 15.6. The van der Waals surface area contributed by atoms with Gasteiger partial charge in [-0.25, -0.2) is 9.98 Å². The summed E-state index contributed by atoms with van der Waals surface area (Å²) < 4.78 is 5.86. The number of rotatable bonds is 4. The fraction of sp³-hybridized carbons (Fsp3) is 0.167. The van der Waals surface area contributed by atoms with E-state index in [-0.39, 0.29) is 5.54 Å². The summed E-state index contributed by atoms with van der Waals surface area (Å²) in [6.45, 7) is 4.71. The maximum Gasteiger partial charge on any atom is 0.219 e. The molecule has 4 heteroatoms. The molecule has 0 aromatic heterocycles. The van der Waals surface area contributed by atoms with Gasteiger partial charge < -0.3 is 10.1 Å². The Kier molecular flexibility index (Phi) is 4.94. The molecule has 0 saturated heterocycles. The predicted octanol–water partition coefficient (Wildman–Crippen LogP) is 5.43. The molecule has 0 spiro atoms. The van der Waals surface area contributed by atoms with Crippen molar-refractivity contribution in [1.29, 1.82) is 0 Å². The van der Waals surface area contributed by atoms with Gasteiger partial charge in [0, 0.05) is 11.3 Å². The average molecular weight is 369 g/mol. The van der Waals surface area contributed by atoms with E-state index in [1.807, 2.05) is 84.9 Å². The Balaban J connectivity index is 1.77. The van der Waals surface area contributed by atoms with Crippen molar-refractivity contribution in [1.82, 2.24) is 0 Å². The monoisotopic (exact) mass is 369 g/mol. The van der Waals surface area contributed by atoms with Crippen LogP contribution in [0.2, 0.25) is 0 Å². The van der Waals surface area contributed by atoms with Gasteiger partial charge in [-0.3, -0.25) is 0 Å². The highest BCUT2D eigenvalue weighted by Gasteiger charge is 2.28. The Hall–Kier alpha value is -3.40. The molecule has 1 heterocycles. The Morgan fingerprint density at radius 1 is 0.893 bits per heavy atom. The number of nitrogens with zero attached hydrogens (tertiary/aromatic N) is 2. The number of benzene rings is 3. The largest absolute Gasteiger partial charge is 0.475 e. The quantitative estimate of drug-likeness (QED) is 0.492. The zero-order valence-electron chi connectivity index (χ0n) is 16.1. The zero-order valence-corrected chi connectivity index (χ0v) is 16.1. The first-order chi connectivity index (χ1) is 13.6. The van der Waals surface area contributed by atoms with Gasteiger partial charge in [0.1, 0.15) is 12.4 Å². The number of ether oxygens (including phenoxy) is 1. The lowest BCUT2D eigenvalue weighted by atomic mass is 10.1. The third-order valence-electron chi connectivity index (χ3n) is 4.42. The van der Waals surface area contributed by atoms with Gasteiger partial charge in [-0.1, -0.05) is 60.7 Å². The number of hydrogen-bond acceptors (Lipinski definition) is 3. The number of amidine groups is 1. The van der Waals surface area contributed by atoms with Crippen LogP contribution in [-0.2, 0) is 4.74 Å². The molecule has 0 radical (unpaired) electrons. The summed E-state index contributed by atoms with van der Waals surface area (Å²) >= 11 is 0. The average Bonchev–Trinajstić information content (AvgIpc) is 3.09. The van der Waals surface area contributed by atoms with Gasteiger partial charge in [0.2, 0.25) is 5.90 Å². The first-order valence-electron chi connectivity index (χ1n) is 9.39. The lowest BCUT2D eigenvalue weighted by molar-refractivity contribution is 0.279. The van der Waals surface area contributed by atoms with Crippen LogP contribution in [0.5, 0.6) is 0 Å². The van der Waals surface area contributed by atoms with E-state index in [9.17, 15) is 0 Å². The highest BCUT2D eigenvalue weighted by Crippen LogP contribution is 2.27. The van der Waals surface area contributed by atoms with Crippen LogP contribution in [0.1, 0.15) is 25.0 Å². The van der Waals surface area contributed by atoms with Crippen LogP contribution in [0.15, 0.2) is 94.9 Å². The second kappa shape index (κ2) is 7.69. The first kappa shape index (κ1) is 18.0. The van der Waals surface area contributed by atoms with Gasteiger partial charge in [-0.05, 0) is 38.1 Å². The third kappa shape index (κ3) is 4.12. The highest BCUT2D eigenvalue weighted by molar-refractivity contribution is 6.10. The maximum atomic E-state index is 5.86. The fourth-order valence-corrected chi connectivity index (χ4v) is 3.01. The smallest absolute Gasteiger partial charge is 0.219 e. The van der Waals surface area contributed by atoms with Gasteiger partial charge in [-0.2, -0.15) is 0 Å². The number of hydrogen-bond donors (Lipinski definition) is 1. The minimum atomic E-state index is -0.212. The van der Waals surface area contributed by atoms with E-state index < -0.39 is 0 Å². The molecule has 0 atom stereocenters. The highest BCUT2D eigenvalue weighted by atomic mass is 16.5. The van der Waals surface area contributed by atoms with Crippen molar-refractivity contribution in [3.8, 4) is 0 Å². The molecule has 28 heavy (non-hydrogen) atoms. The van der Waals surface area contributed by atoms with Gasteiger partial charge in [0.15, 0.2) is 0 Å². The van der Waals surface area contributed by atoms with Crippen molar-refractivity contribution in [2.45, 2.75) is 19.4 Å². The molecule has 1 aliphatic heterocycles. The summed E-state index contributed by atoms with van der Waals surface area (Å²) in [5.41, 5.74) is 3.50. The lowest BCUT2D eigenvalue weighted by Crippen LogP contribution is -2.17. The summed E-state index contributed by atoms with van der Waals surface area (Å²) in [4.78, 5) is 9.68. The molecule has 140 valence electrons. The second-order valence-electron chi connectivity index (χ2n) is 7.35. The van der Waals surface area contributed by atoms with Crippen molar-refractivity contribution >= 4 is 23.1 Å². The maximum absolute atomic E-state index is 5.86. The summed E-state index contributed by atoms with van der Waals surface area (Å²) in [6, 6.07) is 28.1. The SMILES string of the molecule is CC1(C)COC(c2ccccc2N=C(Nc2ccccc2)c2ccccc2)=N1. The zero-order chi connectivity index (χ0) is 19.4. The Labute approximate surface area is 165 Å². The van der Waals surface area contributed by atoms with Crippen molar-refractivity contribution in [3.05, 3.63) is 96.1 Å². The van der Waals surface area contributed by atoms with Gasteiger partial charge in [-0.15, -0.1) is 0 Å².